The van der Waals surface area contributed by atoms with Crippen LogP contribution in [0, 0.1) is 0 Å². The molecule has 0 saturated carbocycles. The van der Waals surface area contributed by atoms with Crippen LogP contribution >= 0.6 is 0 Å². The van der Waals surface area contributed by atoms with Gasteiger partial charge in [-0.25, -0.2) is 4.79 Å². The number of aliphatic hydroxyl groups is 4. The number of aliphatic carboxylic acids is 1. The Kier molecular flexibility index (Phi) is 5.69. The molecule has 0 aliphatic carbocycles. The first-order chi connectivity index (χ1) is 10.9. The Bertz CT molecular complexity index is 553. The molecule has 0 unspecified atom stereocenters. The molecule has 5 N–H and O–H groups in total. The van der Waals surface area contributed by atoms with Crippen molar-refractivity contribution in [2.45, 2.75) is 30.7 Å². The van der Waals surface area contributed by atoms with Gasteiger partial charge in [0.2, 0.25) is 6.29 Å². The molecule has 23 heavy (non-hydrogen) atoms. The monoisotopic (exact) mass is 326 g/mol. The lowest BCUT2D eigenvalue weighted by atomic mass is 9.99. The third-order valence-electron chi connectivity index (χ3n) is 3.40. The van der Waals surface area contributed by atoms with Crippen molar-refractivity contribution >= 4 is 12.0 Å². The molecule has 1 fully saturated rings. The second kappa shape index (κ2) is 7.53. The number of aliphatic hydroxyl groups excluding tert-OH is 4. The molecule has 126 valence electrons. The van der Waals surface area contributed by atoms with Crippen LogP contribution < -0.4 is 4.74 Å². The van der Waals surface area contributed by atoms with Gasteiger partial charge in [-0.15, -0.1) is 0 Å². The number of ether oxygens (including phenoxy) is 2. The predicted octanol–water partition coefficient (Wildman–Crippen LogP) is -1.04. The molecule has 1 aliphatic heterocycles. The Morgan fingerprint density at radius 1 is 1.13 bits per heavy atom. The van der Waals surface area contributed by atoms with Crippen molar-refractivity contribution in [2.24, 2.45) is 0 Å². The Hall–Kier alpha value is -1.97. The summed E-state index contributed by atoms with van der Waals surface area (Å²) in [7, 11) is 0. The van der Waals surface area contributed by atoms with Crippen LogP contribution in [0.4, 0.5) is 0 Å². The average molecular weight is 326 g/mol. The molecule has 1 heterocycles. The number of carboxylic acid groups (broad SMARTS) is 1. The smallest absolute Gasteiger partial charge is 0.328 e. The van der Waals surface area contributed by atoms with Gasteiger partial charge in [-0.2, -0.15) is 0 Å². The highest BCUT2D eigenvalue weighted by Gasteiger charge is 2.44. The molecule has 8 heteroatoms. The molecule has 5 atom stereocenters. The van der Waals surface area contributed by atoms with Gasteiger partial charge in [0.25, 0.3) is 0 Å². The fourth-order valence-corrected chi connectivity index (χ4v) is 2.12. The maximum absolute atomic E-state index is 10.4. The van der Waals surface area contributed by atoms with E-state index in [2.05, 4.69) is 0 Å². The van der Waals surface area contributed by atoms with Crippen LogP contribution in [0.25, 0.3) is 6.08 Å². The van der Waals surface area contributed by atoms with Gasteiger partial charge in [-0.3, -0.25) is 0 Å². The maximum atomic E-state index is 10.4. The molecule has 0 spiro atoms. The van der Waals surface area contributed by atoms with Crippen LogP contribution in [-0.4, -0.2) is 68.8 Å². The molecule has 0 bridgehead atoms. The molecule has 2 rings (SSSR count). The molecule has 1 aromatic carbocycles. The van der Waals surface area contributed by atoms with Gasteiger partial charge in [0.1, 0.15) is 30.2 Å². The van der Waals surface area contributed by atoms with E-state index in [-0.39, 0.29) is 0 Å². The van der Waals surface area contributed by atoms with Crippen LogP contribution in [0.1, 0.15) is 5.56 Å². The summed E-state index contributed by atoms with van der Waals surface area (Å²) in [5, 5.41) is 46.9. The standard InChI is InChI=1S/C15H18O8/c16-7-10-12(19)13(20)14(21)15(23-10)22-9-4-1-8(2-5-9)3-6-11(17)18/h1-6,10,12-16,19-21H,7H2,(H,17,18)/b6-3+/t10-,12-,13+,14+,15+/m1/s1. The first-order valence-corrected chi connectivity index (χ1v) is 6.90. The second-order valence-electron chi connectivity index (χ2n) is 5.06. The van der Waals surface area contributed by atoms with Crippen LogP contribution in [0.5, 0.6) is 5.75 Å². The second-order valence-corrected chi connectivity index (χ2v) is 5.06. The topological polar surface area (TPSA) is 137 Å². The maximum Gasteiger partial charge on any atom is 0.328 e. The van der Waals surface area contributed by atoms with E-state index in [4.69, 9.17) is 19.7 Å². The first-order valence-electron chi connectivity index (χ1n) is 6.90. The van der Waals surface area contributed by atoms with Crippen molar-refractivity contribution in [3.8, 4) is 5.75 Å². The van der Waals surface area contributed by atoms with Gasteiger partial charge >= 0.3 is 5.97 Å². The lowest BCUT2D eigenvalue weighted by Crippen LogP contribution is -2.60. The summed E-state index contributed by atoms with van der Waals surface area (Å²) in [4.78, 5) is 10.4. The molecule has 1 aliphatic rings. The normalized spacial score (nSPS) is 31.2. The van der Waals surface area contributed by atoms with Crippen molar-refractivity contribution in [3.63, 3.8) is 0 Å². The zero-order valence-electron chi connectivity index (χ0n) is 12.0. The summed E-state index contributed by atoms with van der Waals surface area (Å²) in [5.41, 5.74) is 0.633. The lowest BCUT2D eigenvalue weighted by molar-refractivity contribution is -0.277. The van der Waals surface area contributed by atoms with E-state index in [0.717, 1.165) is 6.08 Å². The zero-order chi connectivity index (χ0) is 17.0. The van der Waals surface area contributed by atoms with Crippen molar-refractivity contribution in [3.05, 3.63) is 35.9 Å². The number of benzene rings is 1. The van der Waals surface area contributed by atoms with Crippen LogP contribution in [0.15, 0.2) is 30.3 Å². The Morgan fingerprint density at radius 3 is 2.35 bits per heavy atom. The van der Waals surface area contributed by atoms with E-state index >= 15 is 0 Å². The molecule has 1 aromatic rings. The third kappa shape index (κ3) is 4.27. The van der Waals surface area contributed by atoms with Crippen LogP contribution in [0.2, 0.25) is 0 Å². The molecular formula is C15H18O8. The quantitative estimate of drug-likeness (QED) is 0.433. The van der Waals surface area contributed by atoms with Gasteiger partial charge in [-0.05, 0) is 23.8 Å². The molecule has 8 nitrogen and oxygen atoms in total. The number of rotatable bonds is 5. The van der Waals surface area contributed by atoms with E-state index in [1.807, 2.05) is 0 Å². The minimum atomic E-state index is -1.51. The minimum Gasteiger partial charge on any atom is -0.478 e. The van der Waals surface area contributed by atoms with E-state index in [1.165, 1.54) is 18.2 Å². The molecule has 0 amide bonds. The number of hydrogen-bond donors (Lipinski definition) is 5. The van der Waals surface area contributed by atoms with Crippen molar-refractivity contribution in [1.82, 2.24) is 0 Å². The summed E-state index contributed by atoms with van der Waals surface area (Å²) in [6, 6.07) is 6.25. The highest BCUT2D eigenvalue weighted by atomic mass is 16.7. The number of carbonyl (C=O) groups is 1. The third-order valence-corrected chi connectivity index (χ3v) is 3.40. The van der Waals surface area contributed by atoms with Gasteiger partial charge in [0.15, 0.2) is 0 Å². The molecule has 0 radical (unpaired) electrons. The van der Waals surface area contributed by atoms with E-state index in [9.17, 15) is 20.1 Å². The summed E-state index contributed by atoms with van der Waals surface area (Å²) < 4.78 is 10.6. The summed E-state index contributed by atoms with van der Waals surface area (Å²) in [6.07, 6.45) is -4.35. The average Bonchev–Trinajstić information content (AvgIpc) is 2.54. The Balaban J connectivity index is 2.04. The zero-order valence-corrected chi connectivity index (χ0v) is 12.0. The Labute approximate surface area is 131 Å². The summed E-state index contributed by atoms with van der Waals surface area (Å²) >= 11 is 0. The molecular weight excluding hydrogens is 308 g/mol. The van der Waals surface area contributed by atoms with Gasteiger partial charge < -0.3 is 35.0 Å². The van der Waals surface area contributed by atoms with E-state index in [1.54, 1.807) is 12.1 Å². The fraction of sp³-hybridized carbons (Fsp3) is 0.400. The van der Waals surface area contributed by atoms with Crippen molar-refractivity contribution in [2.75, 3.05) is 6.61 Å². The fourth-order valence-electron chi connectivity index (χ4n) is 2.12. The predicted molar refractivity (Wildman–Crippen MR) is 77.5 cm³/mol. The van der Waals surface area contributed by atoms with E-state index in [0.29, 0.717) is 11.3 Å². The molecule has 1 saturated heterocycles. The van der Waals surface area contributed by atoms with Gasteiger partial charge in [0.05, 0.1) is 6.61 Å². The first kappa shape index (κ1) is 17.4. The Morgan fingerprint density at radius 2 is 1.78 bits per heavy atom. The van der Waals surface area contributed by atoms with Crippen LogP contribution in [-0.2, 0) is 9.53 Å². The van der Waals surface area contributed by atoms with Crippen LogP contribution in [0.3, 0.4) is 0 Å². The molecule has 0 aromatic heterocycles. The van der Waals surface area contributed by atoms with E-state index < -0.39 is 43.3 Å². The van der Waals surface area contributed by atoms with Gasteiger partial charge in [-0.1, -0.05) is 12.1 Å². The number of hydrogen-bond acceptors (Lipinski definition) is 7. The largest absolute Gasteiger partial charge is 0.478 e. The summed E-state index contributed by atoms with van der Waals surface area (Å²) in [6.45, 7) is -0.538. The van der Waals surface area contributed by atoms with Crippen molar-refractivity contribution < 1.29 is 39.8 Å². The highest BCUT2D eigenvalue weighted by molar-refractivity contribution is 5.85. The van der Waals surface area contributed by atoms with Gasteiger partial charge in [0, 0.05) is 6.08 Å². The number of carboxylic acids is 1. The van der Waals surface area contributed by atoms with Crippen molar-refractivity contribution in [1.29, 1.82) is 0 Å². The summed E-state index contributed by atoms with van der Waals surface area (Å²) in [5.74, 6) is -0.756. The lowest BCUT2D eigenvalue weighted by Gasteiger charge is -2.39. The SMILES string of the molecule is O=C(O)/C=C/c1ccc(O[C@H]2O[C@H](CO)[C@@H](O)[C@H](O)[C@@H]2O)cc1. The highest BCUT2D eigenvalue weighted by Crippen LogP contribution is 2.24. The minimum absolute atomic E-state index is 0.307.